The fourth-order valence-electron chi connectivity index (χ4n) is 3.95. The van der Waals surface area contributed by atoms with Crippen LogP contribution in [-0.4, -0.2) is 40.1 Å². The summed E-state index contributed by atoms with van der Waals surface area (Å²) in [5.74, 6) is 0.820. The monoisotopic (exact) mass is 504 g/mol. The Balaban J connectivity index is 1.28. The molecule has 1 saturated heterocycles. The number of nitrogens with zero attached hydrogens (tertiary/aromatic N) is 4. The van der Waals surface area contributed by atoms with Gasteiger partial charge in [-0.25, -0.2) is 9.97 Å². The molecule has 8 heteroatoms. The first-order chi connectivity index (χ1) is 14.0. The molecule has 0 saturated carbocycles. The standard InChI is InChI=1S/C21H25IN6O/c1-27-13-16(18-8-17(22)2-3-19(18)27)10-24-9-14-4-6-28(7-5-14)21-25-11-15(12-26-21)20(23)29/h2-3,8,11-14,24H,4-7,9-10H2,1H3,(H2,23,29). The van der Waals surface area contributed by atoms with Crippen LogP contribution in [0.3, 0.4) is 0 Å². The molecule has 3 heterocycles. The minimum Gasteiger partial charge on any atom is -0.366 e. The quantitative estimate of drug-likeness (QED) is 0.504. The van der Waals surface area contributed by atoms with Crippen LogP contribution in [0, 0.1) is 9.49 Å². The van der Waals surface area contributed by atoms with Crippen molar-refractivity contribution >= 4 is 45.3 Å². The van der Waals surface area contributed by atoms with Crippen LogP contribution < -0.4 is 16.0 Å². The summed E-state index contributed by atoms with van der Waals surface area (Å²) in [7, 11) is 2.10. The van der Waals surface area contributed by atoms with E-state index in [1.165, 1.54) is 32.4 Å². The van der Waals surface area contributed by atoms with E-state index in [1.54, 1.807) is 0 Å². The van der Waals surface area contributed by atoms with E-state index in [2.05, 4.69) is 78.8 Å². The van der Waals surface area contributed by atoms with Gasteiger partial charge in [0.15, 0.2) is 0 Å². The van der Waals surface area contributed by atoms with Gasteiger partial charge in [-0.15, -0.1) is 0 Å². The Labute approximate surface area is 183 Å². The predicted octanol–water partition coefficient (Wildman–Crippen LogP) is 2.68. The molecule has 0 unspecified atom stereocenters. The molecule has 3 N–H and O–H groups in total. The lowest BCUT2D eigenvalue weighted by atomic mass is 9.97. The molecule has 1 aliphatic rings. The SMILES string of the molecule is Cn1cc(CNCC2CCN(c3ncc(C(N)=O)cn3)CC2)c2cc(I)ccc21. The minimum absolute atomic E-state index is 0.343. The minimum atomic E-state index is -0.498. The first-order valence-corrected chi connectivity index (χ1v) is 10.9. The number of rotatable bonds is 6. The summed E-state index contributed by atoms with van der Waals surface area (Å²) in [5, 5.41) is 4.99. The molecule has 152 valence electrons. The summed E-state index contributed by atoms with van der Waals surface area (Å²) in [6, 6.07) is 6.60. The number of piperidine rings is 1. The lowest BCUT2D eigenvalue weighted by Gasteiger charge is -2.32. The van der Waals surface area contributed by atoms with Gasteiger partial charge in [0.25, 0.3) is 5.91 Å². The summed E-state index contributed by atoms with van der Waals surface area (Å²) in [4.78, 5) is 21.9. The number of hydrogen-bond acceptors (Lipinski definition) is 5. The van der Waals surface area contributed by atoms with Crippen molar-refractivity contribution in [2.75, 3.05) is 24.5 Å². The maximum atomic E-state index is 11.1. The predicted molar refractivity (Wildman–Crippen MR) is 123 cm³/mol. The molecule has 0 radical (unpaired) electrons. The number of aryl methyl sites for hydroxylation is 1. The summed E-state index contributed by atoms with van der Waals surface area (Å²) in [6.07, 6.45) is 7.43. The van der Waals surface area contributed by atoms with Gasteiger partial charge >= 0.3 is 0 Å². The van der Waals surface area contributed by atoms with Gasteiger partial charge < -0.3 is 20.5 Å². The van der Waals surface area contributed by atoms with Crippen molar-refractivity contribution in [2.24, 2.45) is 18.7 Å². The van der Waals surface area contributed by atoms with E-state index in [0.717, 1.165) is 39.0 Å². The summed E-state index contributed by atoms with van der Waals surface area (Å²) >= 11 is 2.37. The molecular weight excluding hydrogens is 479 g/mol. The largest absolute Gasteiger partial charge is 0.366 e. The molecule has 4 rings (SSSR count). The Morgan fingerprint density at radius 1 is 1.28 bits per heavy atom. The summed E-state index contributed by atoms with van der Waals surface area (Å²) in [5.41, 5.74) is 8.21. The number of fused-ring (bicyclic) bond motifs is 1. The van der Waals surface area contributed by atoms with E-state index < -0.39 is 5.91 Å². The number of aromatic nitrogens is 3. The smallest absolute Gasteiger partial charge is 0.251 e. The summed E-state index contributed by atoms with van der Waals surface area (Å²) in [6.45, 7) is 3.74. The van der Waals surface area contributed by atoms with E-state index in [-0.39, 0.29) is 0 Å². The van der Waals surface area contributed by atoms with Gasteiger partial charge in [0.2, 0.25) is 5.95 Å². The number of benzene rings is 1. The van der Waals surface area contributed by atoms with Gasteiger partial charge in [-0.2, -0.15) is 0 Å². The Hall–Kier alpha value is -2.20. The van der Waals surface area contributed by atoms with Gasteiger partial charge in [0.1, 0.15) is 0 Å². The maximum absolute atomic E-state index is 11.1. The fourth-order valence-corrected chi connectivity index (χ4v) is 4.44. The number of carbonyl (C=O) groups excluding carboxylic acids is 1. The van der Waals surface area contributed by atoms with Crippen LogP contribution in [-0.2, 0) is 13.6 Å². The number of hydrogen-bond donors (Lipinski definition) is 2. The molecule has 0 atom stereocenters. The van der Waals surface area contributed by atoms with E-state index in [9.17, 15) is 4.79 Å². The zero-order valence-corrected chi connectivity index (χ0v) is 18.6. The highest BCUT2D eigenvalue weighted by atomic mass is 127. The van der Waals surface area contributed by atoms with E-state index in [1.807, 2.05) is 0 Å². The third kappa shape index (κ3) is 4.53. The van der Waals surface area contributed by atoms with Crippen molar-refractivity contribution in [3.63, 3.8) is 0 Å². The van der Waals surface area contributed by atoms with Gasteiger partial charge in [-0.3, -0.25) is 4.79 Å². The van der Waals surface area contributed by atoms with Crippen LogP contribution in [0.25, 0.3) is 10.9 Å². The summed E-state index contributed by atoms with van der Waals surface area (Å²) < 4.78 is 3.46. The van der Waals surface area contributed by atoms with Crippen molar-refractivity contribution in [2.45, 2.75) is 19.4 Å². The number of nitrogens with one attached hydrogen (secondary N) is 1. The van der Waals surface area contributed by atoms with Crippen LogP contribution in [0.15, 0.2) is 36.8 Å². The highest BCUT2D eigenvalue weighted by Gasteiger charge is 2.21. The van der Waals surface area contributed by atoms with Gasteiger partial charge in [-0.1, -0.05) is 0 Å². The van der Waals surface area contributed by atoms with E-state index in [0.29, 0.717) is 17.4 Å². The first kappa shape index (κ1) is 20.1. The van der Waals surface area contributed by atoms with Crippen LogP contribution in [0.5, 0.6) is 0 Å². The number of nitrogens with two attached hydrogens (primary N) is 1. The molecular formula is C21H25IN6O. The molecule has 1 amide bonds. The average Bonchev–Trinajstić information content (AvgIpc) is 3.03. The van der Waals surface area contributed by atoms with Gasteiger partial charge in [0.05, 0.1) is 5.56 Å². The molecule has 0 spiro atoms. The lowest BCUT2D eigenvalue weighted by molar-refractivity contribution is 0.0999. The van der Waals surface area contributed by atoms with Crippen molar-refractivity contribution in [3.05, 3.63) is 51.5 Å². The second kappa shape index (κ2) is 8.66. The van der Waals surface area contributed by atoms with Crippen LogP contribution >= 0.6 is 22.6 Å². The zero-order valence-electron chi connectivity index (χ0n) is 16.4. The number of carbonyl (C=O) groups is 1. The Morgan fingerprint density at radius 2 is 2.00 bits per heavy atom. The molecule has 1 aromatic carbocycles. The second-order valence-electron chi connectivity index (χ2n) is 7.62. The topological polar surface area (TPSA) is 89.1 Å². The third-order valence-corrected chi connectivity index (χ3v) is 6.27. The normalized spacial score (nSPS) is 15.2. The van der Waals surface area contributed by atoms with Crippen molar-refractivity contribution in [1.29, 1.82) is 0 Å². The molecule has 1 fully saturated rings. The second-order valence-corrected chi connectivity index (χ2v) is 8.87. The Kier molecular flexibility index (Phi) is 6.00. The lowest BCUT2D eigenvalue weighted by Crippen LogP contribution is -2.38. The van der Waals surface area contributed by atoms with Crippen LogP contribution in [0.4, 0.5) is 5.95 Å². The number of halogens is 1. The van der Waals surface area contributed by atoms with Crippen molar-refractivity contribution in [1.82, 2.24) is 19.9 Å². The van der Waals surface area contributed by atoms with Crippen molar-refractivity contribution < 1.29 is 4.79 Å². The Bertz CT molecular complexity index is 1010. The molecule has 29 heavy (non-hydrogen) atoms. The first-order valence-electron chi connectivity index (χ1n) is 9.82. The highest BCUT2D eigenvalue weighted by molar-refractivity contribution is 14.1. The molecule has 0 bridgehead atoms. The zero-order chi connectivity index (χ0) is 20.4. The molecule has 7 nitrogen and oxygen atoms in total. The van der Waals surface area contributed by atoms with E-state index in [4.69, 9.17) is 5.73 Å². The fraction of sp³-hybridized carbons (Fsp3) is 0.381. The highest BCUT2D eigenvalue weighted by Crippen LogP contribution is 2.24. The Morgan fingerprint density at radius 3 is 2.69 bits per heavy atom. The van der Waals surface area contributed by atoms with Crippen LogP contribution in [0.1, 0.15) is 28.8 Å². The molecule has 1 aliphatic heterocycles. The van der Waals surface area contributed by atoms with Crippen LogP contribution in [0.2, 0.25) is 0 Å². The maximum Gasteiger partial charge on any atom is 0.251 e. The third-order valence-electron chi connectivity index (χ3n) is 5.60. The van der Waals surface area contributed by atoms with E-state index >= 15 is 0 Å². The molecule has 0 aliphatic carbocycles. The number of anilines is 1. The molecule has 2 aromatic heterocycles. The van der Waals surface area contributed by atoms with Gasteiger partial charge in [0, 0.05) is 59.7 Å². The molecule has 3 aromatic rings. The van der Waals surface area contributed by atoms with Crippen molar-refractivity contribution in [3.8, 4) is 0 Å². The number of amides is 1. The average molecular weight is 504 g/mol. The van der Waals surface area contributed by atoms with Gasteiger partial charge in [-0.05, 0) is 71.7 Å². The number of primary amides is 1.